The van der Waals surface area contributed by atoms with Gasteiger partial charge in [-0.1, -0.05) is 37.3 Å². The van der Waals surface area contributed by atoms with Crippen LogP contribution in [0.15, 0.2) is 36.5 Å². The molecule has 1 amide bonds. The van der Waals surface area contributed by atoms with Gasteiger partial charge < -0.3 is 5.32 Å². The second kappa shape index (κ2) is 6.13. The minimum Gasteiger partial charge on any atom is -0.351 e. The maximum atomic E-state index is 11.8. The van der Waals surface area contributed by atoms with E-state index in [1.54, 1.807) is 10.9 Å². The second-order valence-corrected chi connectivity index (χ2v) is 4.82. The minimum absolute atomic E-state index is 0.178. The molecule has 0 aliphatic carbocycles. The van der Waals surface area contributed by atoms with Crippen molar-refractivity contribution in [3.8, 4) is 5.69 Å². The molecule has 0 unspecified atom stereocenters. The highest BCUT2D eigenvalue weighted by Crippen LogP contribution is 2.05. The highest BCUT2D eigenvalue weighted by molar-refractivity contribution is 5.91. The lowest BCUT2D eigenvalue weighted by Gasteiger charge is -2.04. The first-order valence-corrected chi connectivity index (χ1v) is 6.43. The number of carbonyl (C=O) groups excluding carboxylic acids is 1. The lowest BCUT2D eigenvalue weighted by molar-refractivity contribution is 0.0947. The molecule has 0 radical (unpaired) electrons. The molecular weight excluding hydrogens is 240 g/mol. The van der Waals surface area contributed by atoms with E-state index in [9.17, 15) is 4.79 Å². The van der Waals surface area contributed by atoms with E-state index in [4.69, 9.17) is 0 Å². The Kier molecular flexibility index (Phi) is 4.28. The van der Waals surface area contributed by atoms with Gasteiger partial charge in [0, 0.05) is 6.54 Å². The van der Waals surface area contributed by atoms with Gasteiger partial charge in [-0.15, -0.1) is 5.10 Å². The van der Waals surface area contributed by atoms with Gasteiger partial charge in [-0.2, -0.15) is 0 Å². The van der Waals surface area contributed by atoms with Crippen LogP contribution in [-0.4, -0.2) is 27.4 Å². The van der Waals surface area contributed by atoms with Crippen molar-refractivity contribution in [2.75, 3.05) is 6.54 Å². The first-order valence-electron chi connectivity index (χ1n) is 6.43. The van der Waals surface area contributed by atoms with Crippen molar-refractivity contribution in [2.24, 2.45) is 5.92 Å². The van der Waals surface area contributed by atoms with Crippen LogP contribution in [0.5, 0.6) is 0 Å². The van der Waals surface area contributed by atoms with Crippen LogP contribution in [-0.2, 0) is 0 Å². The molecular formula is C14H18N4O. The molecule has 5 heteroatoms. The van der Waals surface area contributed by atoms with Crippen molar-refractivity contribution in [1.29, 1.82) is 0 Å². The van der Waals surface area contributed by atoms with Gasteiger partial charge in [-0.25, -0.2) is 4.68 Å². The molecule has 19 heavy (non-hydrogen) atoms. The quantitative estimate of drug-likeness (QED) is 0.892. The van der Waals surface area contributed by atoms with Gasteiger partial charge in [0.2, 0.25) is 0 Å². The minimum atomic E-state index is -0.178. The average molecular weight is 258 g/mol. The number of amides is 1. The summed E-state index contributed by atoms with van der Waals surface area (Å²) in [5.41, 5.74) is 1.23. The summed E-state index contributed by atoms with van der Waals surface area (Å²) >= 11 is 0. The molecule has 2 aromatic rings. The zero-order valence-electron chi connectivity index (χ0n) is 11.2. The largest absolute Gasteiger partial charge is 0.351 e. The molecule has 0 spiro atoms. The Bertz CT molecular complexity index is 533. The molecule has 0 bridgehead atoms. The Balaban J connectivity index is 1.99. The smallest absolute Gasteiger partial charge is 0.273 e. The molecule has 2 rings (SSSR count). The number of para-hydroxylation sites is 1. The fraction of sp³-hybridized carbons (Fsp3) is 0.357. The number of benzene rings is 1. The number of nitrogens with one attached hydrogen (secondary N) is 1. The van der Waals surface area contributed by atoms with Crippen LogP contribution in [0.4, 0.5) is 0 Å². The van der Waals surface area contributed by atoms with Crippen molar-refractivity contribution in [2.45, 2.75) is 20.3 Å². The molecule has 0 saturated heterocycles. The summed E-state index contributed by atoms with van der Waals surface area (Å²) < 4.78 is 1.59. The third kappa shape index (κ3) is 3.64. The van der Waals surface area contributed by atoms with Crippen molar-refractivity contribution >= 4 is 5.91 Å². The fourth-order valence-electron chi connectivity index (χ4n) is 1.64. The predicted molar refractivity (Wildman–Crippen MR) is 73.1 cm³/mol. The summed E-state index contributed by atoms with van der Waals surface area (Å²) in [5.74, 6) is 0.392. The van der Waals surface area contributed by atoms with Gasteiger partial charge in [0.15, 0.2) is 5.69 Å². The van der Waals surface area contributed by atoms with E-state index >= 15 is 0 Å². The number of nitrogens with zero attached hydrogens (tertiary/aromatic N) is 3. The molecule has 100 valence electrons. The standard InChI is InChI=1S/C14H18N4O/c1-11(2)8-9-15-14(19)13-10-18(17-16-13)12-6-4-3-5-7-12/h3-7,10-11H,8-9H2,1-2H3,(H,15,19). The number of hydrogen-bond donors (Lipinski definition) is 1. The predicted octanol–water partition coefficient (Wildman–Crippen LogP) is 2.04. The summed E-state index contributed by atoms with van der Waals surface area (Å²) in [4.78, 5) is 11.8. The Labute approximate surface area is 112 Å². The van der Waals surface area contributed by atoms with Crippen LogP contribution < -0.4 is 5.32 Å². The van der Waals surface area contributed by atoms with Crippen LogP contribution in [0.2, 0.25) is 0 Å². The molecule has 1 N–H and O–H groups in total. The number of hydrogen-bond acceptors (Lipinski definition) is 3. The van der Waals surface area contributed by atoms with Gasteiger partial charge in [-0.05, 0) is 24.5 Å². The van der Waals surface area contributed by atoms with E-state index < -0.39 is 0 Å². The summed E-state index contributed by atoms with van der Waals surface area (Å²) in [5, 5.41) is 10.7. The zero-order chi connectivity index (χ0) is 13.7. The highest BCUT2D eigenvalue weighted by Gasteiger charge is 2.10. The first kappa shape index (κ1) is 13.3. The van der Waals surface area contributed by atoms with Crippen LogP contribution in [0.1, 0.15) is 30.8 Å². The average Bonchev–Trinajstić information content (AvgIpc) is 2.89. The lowest BCUT2D eigenvalue weighted by atomic mass is 10.1. The maximum absolute atomic E-state index is 11.8. The van der Waals surface area contributed by atoms with E-state index in [-0.39, 0.29) is 5.91 Å². The normalized spacial score (nSPS) is 10.7. The van der Waals surface area contributed by atoms with Gasteiger partial charge in [0.05, 0.1) is 11.9 Å². The van der Waals surface area contributed by atoms with Crippen molar-refractivity contribution in [3.05, 3.63) is 42.2 Å². The van der Waals surface area contributed by atoms with Crippen molar-refractivity contribution in [1.82, 2.24) is 20.3 Å². The van der Waals surface area contributed by atoms with E-state index in [0.717, 1.165) is 12.1 Å². The van der Waals surface area contributed by atoms with Crippen LogP contribution in [0.25, 0.3) is 5.69 Å². The Morgan fingerprint density at radius 3 is 2.74 bits per heavy atom. The summed E-state index contributed by atoms with van der Waals surface area (Å²) in [6.07, 6.45) is 2.60. The first-order chi connectivity index (χ1) is 9.16. The monoisotopic (exact) mass is 258 g/mol. The number of aromatic nitrogens is 3. The van der Waals surface area contributed by atoms with Gasteiger partial charge in [-0.3, -0.25) is 4.79 Å². The molecule has 1 aromatic carbocycles. The fourth-order valence-corrected chi connectivity index (χ4v) is 1.64. The van der Waals surface area contributed by atoms with Crippen LogP contribution >= 0.6 is 0 Å². The van der Waals surface area contributed by atoms with Crippen LogP contribution in [0, 0.1) is 5.92 Å². The summed E-state index contributed by atoms with van der Waals surface area (Å²) in [6.45, 7) is 4.91. The molecule has 0 aliphatic heterocycles. The molecule has 1 aromatic heterocycles. The molecule has 0 fully saturated rings. The SMILES string of the molecule is CC(C)CCNC(=O)c1cn(-c2ccccc2)nn1. The van der Waals surface area contributed by atoms with Crippen molar-refractivity contribution in [3.63, 3.8) is 0 Å². The molecule has 5 nitrogen and oxygen atoms in total. The lowest BCUT2D eigenvalue weighted by Crippen LogP contribution is -2.25. The zero-order valence-corrected chi connectivity index (χ0v) is 11.2. The molecule has 0 aliphatic rings. The Morgan fingerprint density at radius 2 is 2.05 bits per heavy atom. The van der Waals surface area contributed by atoms with Gasteiger partial charge in [0.1, 0.15) is 0 Å². The van der Waals surface area contributed by atoms with Crippen molar-refractivity contribution < 1.29 is 4.79 Å². The van der Waals surface area contributed by atoms with E-state index in [0.29, 0.717) is 18.2 Å². The second-order valence-electron chi connectivity index (χ2n) is 4.82. The summed E-state index contributed by atoms with van der Waals surface area (Å²) in [7, 11) is 0. The Morgan fingerprint density at radius 1 is 1.32 bits per heavy atom. The summed E-state index contributed by atoms with van der Waals surface area (Å²) in [6, 6.07) is 9.59. The maximum Gasteiger partial charge on any atom is 0.273 e. The highest BCUT2D eigenvalue weighted by atomic mass is 16.2. The molecule has 0 saturated carbocycles. The Hall–Kier alpha value is -2.17. The van der Waals surface area contributed by atoms with Gasteiger partial charge >= 0.3 is 0 Å². The molecule has 1 heterocycles. The topological polar surface area (TPSA) is 59.8 Å². The third-order valence-electron chi connectivity index (χ3n) is 2.75. The van der Waals surface area contributed by atoms with E-state index in [2.05, 4.69) is 29.5 Å². The van der Waals surface area contributed by atoms with Crippen LogP contribution in [0.3, 0.4) is 0 Å². The third-order valence-corrected chi connectivity index (χ3v) is 2.75. The van der Waals surface area contributed by atoms with E-state index in [1.807, 2.05) is 30.3 Å². The molecule has 0 atom stereocenters. The number of carbonyl (C=O) groups is 1. The van der Waals surface area contributed by atoms with Gasteiger partial charge in [0.25, 0.3) is 5.91 Å². The number of rotatable bonds is 5. The van der Waals surface area contributed by atoms with E-state index in [1.165, 1.54) is 0 Å².